The summed E-state index contributed by atoms with van der Waals surface area (Å²) in [5.41, 5.74) is 0. The minimum absolute atomic E-state index is 0.0587. The Labute approximate surface area is 126 Å². The van der Waals surface area contributed by atoms with Gasteiger partial charge in [0.15, 0.2) is 0 Å². The minimum Gasteiger partial charge on any atom is -0.453 e. The smallest absolute Gasteiger partial charge is 0.407 e. The number of nitrogens with one attached hydrogen (secondary N) is 1. The third-order valence-electron chi connectivity index (χ3n) is 4.92. The van der Waals surface area contributed by atoms with Crippen LogP contribution in [0.4, 0.5) is 4.79 Å². The van der Waals surface area contributed by atoms with Gasteiger partial charge < -0.3 is 19.7 Å². The topological polar surface area (TPSA) is 67.9 Å². The number of hydrogen-bond acceptors (Lipinski definition) is 4. The van der Waals surface area contributed by atoms with Gasteiger partial charge >= 0.3 is 6.09 Å². The third-order valence-corrected chi connectivity index (χ3v) is 4.92. The molecular formula is C15H26N2O4. The number of hydrogen-bond donors (Lipinski definition) is 1. The maximum absolute atomic E-state index is 12.9. The highest BCUT2D eigenvalue weighted by Gasteiger charge is 2.46. The predicted molar refractivity (Wildman–Crippen MR) is 77.9 cm³/mol. The van der Waals surface area contributed by atoms with Crippen LogP contribution in [0.5, 0.6) is 0 Å². The molecule has 21 heavy (non-hydrogen) atoms. The first-order chi connectivity index (χ1) is 9.99. The molecule has 1 N–H and O–H groups in total. The number of amides is 2. The molecule has 0 aromatic carbocycles. The number of ether oxygens (including phenoxy) is 2. The first kappa shape index (κ1) is 16.1. The van der Waals surface area contributed by atoms with Crippen molar-refractivity contribution in [2.45, 2.75) is 63.8 Å². The summed E-state index contributed by atoms with van der Waals surface area (Å²) in [4.78, 5) is 26.4. The maximum Gasteiger partial charge on any atom is 0.407 e. The number of alkyl carbamates (subject to hydrolysis) is 1. The van der Waals surface area contributed by atoms with E-state index in [2.05, 4.69) is 17.0 Å². The van der Waals surface area contributed by atoms with Gasteiger partial charge in [-0.15, -0.1) is 0 Å². The highest BCUT2D eigenvalue weighted by molar-refractivity contribution is 5.87. The Balaban J connectivity index is 2.14. The molecular weight excluding hydrogens is 272 g/mol. The van der Waals surface area contributed by atoms with E-state index in [9.17, 15) is 9.59 Å². The van der Waals surface area contributed by atoms with Crippen LogP contribution in [0.15, 0.2) is 0 Å². The molecule has 2 fully saturated rings. The molecule has 0 unspecified atom stereocenters. The highest BCUT2D eigenvalue weighted by atomic mass is 16.5. The van der Waals surface area contributed by atoms with Crippen molar-refractivity contribution in [2.24, 2.45) is 5.92 Å². The van der Waals surface area contributed by atoms with Crippen LogP contribution in [0.25, 0.3) is 0 Å². The van der Waals surface area contributed by atoms with Crippen LogP contribution < -0.4 is 5.32 Å². The van der Waals surface area contributed by atoms with E-state index >= 15 is 0 Å². The first-order valence-corrected chi connectivity index (χ1v) is 7.69. The zero-order valence-electron chi connectivity index (χ0n) is 13.3. The number of rotatable bonds is 4. The Morgan fingerprint density at radius 3 is 2.62 bits per heavy atom. The molecule has 0 aromatic heterocycles. The summed E-state index contributed by atoms with van der Waals surface area (Å²) < 4.78 is 9.89. The maximum atomic E-state index is 12.9. The van der Waals surface area contributed by atoms with Gasteiger partial charge in [0.05, 0.1) is 13.2 Å². The average molecular weight is 298 g/mol. The lowest BCUT2D eigenvalue weighted by atomic mass is 10.0. The van der Waals surface area contributed by atoms with Gasteiger partial charge in [-0.2, -0.15) is 0 Å². The van der Waals surface area contributed by atoms with E-state index in [-0.39, 0.29) is 11.9 Å². The molecule has 1 saturated carbocycles. The van der Waals surface area contributed by atoms with Gasteiger partial charge in [-0.1, -0.05) is 6.42 Å². The summed E-state index contributed by atoms with van der Waals surface area (Å²) in [5.74, 6) is 0.553. The van der Waals surface area contributed by atoms with Crippen LogP contribution in [-0.2, 0) is 14.3 Å². The second-order valence-electron chi connectivity index (χ2n) is 6.14. The van der Waals surface area contributed by atoms with Crippen LogP contribution in [0.3, 0.4) is 0 Å². The van der Waals surface area contributed by atoms with Crippen molar-refractivity contribution in [3.05, 3.63) is 0 Å². The molecule has 6 heteroatoms. The number of fused-ring (bicyclic) bond motifs is 1. The van der Waals surface area contributed by atoms with Crippen molar-refractivity contribution in [2.75, 3.05) is 14.2 Å². The largest absolute Gasteiger partial charge is 0.453 e. The fourth-order valence-corrected chi connectivity index (χ4v) is 3.78. The zero-order valence-corrected chi connectivity index (χ0v) is 13.3. The Morgan fingerprint density at radius 2 is 2.00 bits per heavy atom. The van der Waals surface area contributed by atoms with E-state index in [1.807, 2.05) is 4.90 Å². The van der Waals surface area contributed by atoms with E-state index in [4.69, 9.17) is 4.74 Å². The molecule has 0 radical (unpaired) electrons. The van der Waals surface area contributed by atoms with E-state index in [1.54, 1.807) is 6.92 Å². The quantitative estimate of drug-likeness (QED) is 0.855. The van der Waals surface area contributed by atoms with Gasteiger partial charge in [-0.05, 0) is 39.0 Å². The van der Waals surface area contributed by atoms with E-state index in [0.29, 0.717) is 12.0 Å². The summed E-state index contributed by atoms with van der Waals surface area (Å²) >= 11 is 0. The third kappa shape index (κ3) is 3.15. The highest BCUT2D eigenvalue weighted by Crippen LogP contribution is 2.41. The molecule has 2 rings (SSSR count). The Kier molecular flexibility index (Phi) is 5.08. The molecule has 2 aliphatic rings. The Morgan fingerprint density at radius 1 is 1.29 bits per heavy atom. The first-order valence-electron chi connectivity index (χ1n) is 7.69. The number of carbonyl (C=O) groups is 2. The van der Waals surface area contributed by atoms with Gasteiger partial charge in [-0.3, -0.25) is 4.79 Å². The predicted octanol–water partition coefficient (Wildman–Crippen LogP) is 1.54. The lowest BCUT2D eigenvalue weighted by molar-refractivity contribution is -0.139. The molecule has 0 aromatic rings. The van der Waals surface area contributed by atoms with Gasteiger partial charge in [0.1, 0.15) is 6.04 Å². The van der Waals surface area contributed by atoms with Crippen molar-refractivity contribution in [1.29, 1.82) is 0 Å². The average Bonchev–Trinajstić information content (AvgIpc) is 3.02. The van der Waals surface area contributed by atoms with Crippen molar-refractivity contribution < 1.29 is 19.1 Å². The fraction of sp³-hybridized carbons (Fsp3) is 0.867. The second-order valence-corrected chi connectivity index (χ2v) is 6.14. The van der Waals surface area contributed by atoms with Gasteiger partial charge in [0.25, 0.3) is 0 Å². The van der Waals surface area contributed by atoms with Gasteiger partial charge in [-0.25, -0.2) is 4.79 Å². The second kappa shape index (κ2) is 6.64. The van der Waals surface area contributed by atoms with E-state index < -0.39 is 18.2 Å². The summed E-state index contributed by atoms with van der Waals surface area (Å²) in [7, 11) is 2.83. The molecule has 1 heterocycles. The van der Waals surface area contributed by atoms with Crippen molar-refractivity contribution in [3.8, 4) is 0 Å². The zero-order chi connectivity index (χ0) is 15.6. The van der Waals surface area contributed by atoms with Crippen LogP contribution in [0, 0.1) is 5.92 Å². The lowest BCUT2D eigenvalue weighted by Gasteiger charge is -2.33. The number of likely N-dealkylation sites (tertiary alicyclic amines) is 1. The molecule has 2 amide bonds. The van der Waals surface area contributed by atoms with Crippen molar-refractivity contribution in [3.63, 3.8) is 0 Å². The number of carbonyl (C=O) groups excluding carboxylic acids is 2. The minimum atomic E-state index is -0.704. The summed E-state index contributed by atoms with van der Waals surface area (Å²) in [6, 6.07) is -0.165. The van der Waals surface area contributed by atoms with Gasteiger partial charge in [0, 0.05) is 19.2 Å². The van der Waals surface area contributed by atoms with Crippen LogP contribution in [-0.4, -0.2) is 55.3 Å². The van der Waals surface area contributed by atoms with Crippen LogP contribution in [0.1, 0.15) is 39.5 Å². The van der Waals surface area contributed by atoms with Crippen molar-refractivity contribution >= 4 is 12.0 Å². The molecule has 1 aliphatic carbocycles. The molecule has 120 valence electrons. The number of methoxy groups -OCH3 is 2. The Hall–Kier alpha value is -1.30. The molecule has 5 atom stereocenters. The Bertz CT molecular complexity index is 401. The molecule has 6 nitrogen and oxygen atoms in total. The summed E-state index contributed by atoms with van der Waals surface area (Å²) in [6.45, 7) is 3.87. The standard InChI is InChI=1S/C15H26N2O4/c1-9-8-11-6-5-7-12(11)17(9)14(18)13(10(2)20-3)16-15(19)21-4/h9-13H,5-8H2,1-4H3,(H,16,19)/t9-,10-,11+,12+,13+/m1/s1. The summed E-state index contributed by atoms with van der Waals surface area (Å²) in [5, 5.41) is 2.62. The summed E-state index contributed by atoms with van der Waals surface area (Å²) in [6.07, 6.45) is 3.50. The van der Waals surface area contributed by atoms with E-state index in [0.717, 1.165) is 12.8 Å². The van der Waals surface area contributed by atoms with Crippen molar-refractivity contribution in [1.82, 2.24) is 10.2 Å². The lowest BCUT2D eigenvalue weighted by Crippen LogP contribution is -2.56. The monoisotopic (exact) mass is 298 g/mol. The van der Waals surface area contributed by atoms with Crippen LogP contribution >= 0.6 is 0 Å². The molecule has 0 spiro atoms. The molecule has 1 saturated heterocycles. The SMILES string of the molecule is COC(=O)N[C@H](C(=O)N1[C@H](C)C[C@@H]2CCC[C@@H]21)[C@@H](C)OC. The normalized spacial score (nSPS) is 30.7. The molecule has 1 aliphatic heterocycles. The molecule has 0 bridgehead atoms. The fourth-order valence-electron chi connectivity index (χ4n) is 3.78. The van der Waals surface area contributed by atoms with Crippen LogP contribution in [0.2, 0.25) is 0 Å². The van der Waals surface area contributed by atoms with Gasteiger partial charge in [0.2, 0.25) is 5.91 Å². The van der Waals surface area contributed by atoms with E-state index in [1.165, 1.54) is 27.1 Å². The number of nitrogens with zero attached hydrogens (tertiary/aromatic N) is 1.